The average Bonchev–Trinajstić information content (AvgIpc) is 2.41. The molecule has 0 saturated heterocycles. The van der Waals surface area contributed by atoms with E-state index in [2.05, 4.69) is 5.32 Å². The van der Waals surface area contributed by atoms with Gasteiger partial charge in [-0.25, -0.2) is 4.79 Å². The average molecular weight is 342 g/mol. The predicted octanol–water partition coefficient (Wildman–Crippen LogP) is 3.19. The van der Waals surface area contributed by atoms with E-state index in [0.29, 0.717) is 0 Å². The van der Waals surface area contributed by atoms with Crippen molar-refractivity contribution in [2.45, 2.75) is 3.79 Å². The number of carbonyl (C=O) groups excluding carboxylic acids is 1. The van der Waals surface area contributed by atoms with Gasteiger partial charge in [0.2, 0.25) is 3.79 Å². The minimum Gasteiger partial charge on any atom is -0.497 e. The zero-order valence-corrected chi connectivity index (χ0v) is 13.3. The fourth-order valence-corrected chi connectivity index (χ4v) is 1.47. The second kappa shape index (κ2) is 7.67. The molecule has 1 N–H and O–H groups in total. The summed E-state index contributed by atoms with van der Waals surface area (Å²) in [4.78, 5) is 13.2. The molecule has 0 aliphatic carbocycles. The summed E-state index contributed by atoms with van der Waals surface area (Å²) in [6.07, 6.45) is -0.656. The zero-order chi connectivity index (χ0) is 15.2. The normalized spacial score (nSPS) is 10.8. The minimum atomic E-state index is -1.61. The maximum atomic E-state index is 11.4. The molecule has 0 saturated carbocycles. The molecule has 1 amide bonds. The maximum absolute atomic E-state index is 11.4. The molecule has 8 heteroatoms. The molecule has 0 atom stereocenters. The van der Waals surface area contributed by atoms with Crippen molar-refractivity contribution >= 4 is 46.6 Å². The lowest BCUT2D eigenvalue weighted by atomic mass is 10.3. The summed E-state index contributed by atoms with van der Waals surface area (Å²) in [6, 6.07) is 7.39. The van der Waals surface area contributed by atoms with Crippen molar-refractivity contribution in [3.63, 3.8) is 0 Å². The number of hydrogen-bond donors (Lipinski definition) is 1. The predicted molar refractivity (Wildman–Crippen MR) is 81.0 cm³/mol. The summed E-state index contributed by atoms with van der Waals surface area (Å²) in [7, 11) is 3.41. The van der Waals surface area contributed by atoms with Crippen LogP contribution in [0.5, 0.6) is 5.75 Å². The molecule has 1 aromatic carbocycles. The van der Waals surface area contributed by atoms with Gasteiger partial charge in [0.25, 0.3) is 0 Å². The molecular formula is C12H15Cl3N2O3. The van der Waals surface area contributed by atoms with Gasteiger partial charge in [0.1, 0.15) is 12.4 Å². The van der Waals surface area contributed by atoms with E-state index < -0.39 is 9.89 Å². The van der Waals surface area contributed by atoms with Crippen LogP contribution in [0.4, 0.5) is 10.5 Å². The van der Waals surface area contributed by atoms with Crippen molar-refractivity contribution in [1.29, 1.82) is 0 Å². The maximum Gasteiger partial charge on any atom is 0.408 e. The Morgan fingerprint density at radius 3 is 2.40 bits per heavy atom. The number of hydrogen-bond acceptors (Lipinski definition) is 4. The zero-order valence-electron chi connectivity index (χ0n) is 11.0. The summed E-state index contributed by atoms with van der Waals surface area (Å²) < 4.78 is 8.19. The number of carbonyl (C=O) groups is 1. The van der Waals surface area contributed by atoms with E-state index in [1.807, 2.05) is 36.2 Å². The molecule has 0 bridgehead atoms. The second-order valence-corrected chi connectivity index (χ2v) is 6.44. The first-order valence-electron chi connectivity index (χ1n) is 5.64. The van der Waals surface area contributed by atoms with Gasteiger partial charge in [-0.15, -0.1) is 0 Å². The van der Waals surface area contributed by atoms with Crippen molar-refractivity contribution in [3.8, 4) is 5.75 Å². The molecule has 0 aliphatic heterocycles. The number of ether oxygens (including phenoxy) is 2. The highest BCUT2D eigenvalue weighted by Gasteiger charge is 2.22. The van der Waals surface area contributed by atoms with Crippen LogP contribution in [-0.4, -0.2) is 37.3 Å². The molecule has 0 heterocycles. The van der Waals surface area contributed by atoms with Crippen molar-refractivity contribution < 1.29 is 14.3 Å². The van der Waals surface area contributed by atoms with E-state index in [9.17, 15) is 4.79 Å². The van der Waals surface area contributed by atoms with Crippen LogP contribution in [0.15, 0.2) is 24.3 Å². The highest BCUT2D eigenvalue weighted by atomic mass is 35.6. The lowest BCUT2D eigenvalue weighted by Crippen LogP contribution is -2.36. The van der Waals surface area contributed by atoms with Crippen LogP contribution >= 0.6 is 34.8 Å². The molecular weight excluding hydrogens is 327 g/mol. The molecule has 1 aromatic rings. The Hall–Kier alpha value is -1.04. The Bertz CT molecular complexity index is 435. The van der Waals surface area contributed by atoms with Gasteiger partial charge in [0.05, 0.1) is 13.8 Å². The molecule has 20 heavy (non-hydrogen) atoms. The third-order valence-corrected chi connectivity index (χ3v) is 2.67. The smallest absolute Gasteiger partial charge is 0.408 e. The topological polar surface area (TPSA) is 50.8 Å². The van der Waals surface area contributed by atoms with E-state index in [1.165, 1.54) is 0 Å². The van der Waals surface area contributed by atoms with Crippen LogP contribution in [0.25, 0.3) is 0 Å². The van der Waals surface area contributed by atoms with E-state index in [4.69, 9.17) is 44.3 Å². The van der Waals surface area contributed by atoms with Crippen LogP contribution in [0, 0.1) is 0 Å². The first-order chi connectivity index (χ1) is 9.31. The lowest BCUT2D eigenvalue weighted by Gasteiger charge is -2.20. The Labute approximate surface area is 132 Å². The van der Waals surface area contributed by atoms with Gasteiger partial charge in [0.15, 0.2) is 0 Å². The van der Waals surface area contributed by atoms with Crippen LogP contribution in [0.3, 0.4) is 0 Å². The molecule has 112 valence electrons. The summed E-state index contributed by atoms with van der Waals surface area (Å²) in [6.45, 7) is -0.0548. The number of alkyl halides is 3. The van der Waals surface area contributed by atoms with Crippen LogP contribution < -0.4 is 15.0 Å². The lowest BCUT2D eigenvalue weighted by molar-refractivity contribution is 0.148. The Kier molecular flexibility index (Phi) is 6.52. The molecule has 1 rings (SSSR count). The fourth-order valence-electron chi connectivity index (χ4n) is 1.31. The van der Waals surface area contributed by atoms with Crippen molar-refractivity contribution in [2.75, 3.05) is 32.3 Å². The Morgan fingerprint density at radius 1 is 1.30 bits per heavy atom. The van der Waals surface area contributed by atoms with Crippen LogP contribution in [-0.2, 0) is 4.74 Å². The van der Waals surface area contributed by atoms with E-state index in [1.54, 1.807) is 7.11 Å². The van der Waals surface area contributed by atoms with Crippen molar-refractivity contribution in [3.05, 3.63) is 24.3 Å². The summed E-state index contributed by atoms with van der Waals surface area (Å²) in [5.74, 6) is 0.761. The number of nitrogens with one attached hydrogen (secondary N) is 1. The van der Waals surface area contributed by atoms with Gasteiger partial charge >= 0.3 is 6.09 Å². The Balaban J connectivity index is 2.38. The number of methoxy groups -OCH3 is 1. The fraction of sp³-hybridized carbons (Fsp3) is 0.417. The van der Waals surface area contributed by atoms with Crippen LogP contribution in [0.2, 0.25) is 0 Å². The molecule has 0 radical (unpaired) electrons. The number of rotatable bonds is 5. The largest absolute Gasteiger partial charge is 0.497 e. The number of nitrogens with zero attached hydrogens (tertiary/aromatic N) is 1. The minimum absolute atomic E-state index is 0.255. The number of amides is 1. The molecule has 0 aliphatic rings. The third-order valence-electron chi connectivity index (χ3n) is 2.34. The highest BCUT2D eigenvalue weighted by molar-refractivity contribution is 6.67. The van der Waals surface area contributed by atoms with E-state index in [-0.39, 0.29) is 13.3 Å². The monoisotopic (exact) mass is 340 g/mol. The number of benzene rings is 1. The van der Waals surface area contributed by atoms with Crippen molar-refractivity contribution in [1.82, 2.24) is 5.32 Å². The van der Waals surface area contributed by atoms with Crippen LogP contribution in [0.1, 0.15) is 0 Å². The SMILES string of the molecule is COc1ccc(N(C)CNC(=O)OCC(Cl)(Cl)Cl)cc1. The van der Waals surface area contributed by atoms with Gasteiger partial charge in [-0.3, -0.25) is 0 Å². The molecule has 5 nitrogen and oxygen atoms in total. The number of halogens is 3. The summed E-state index contributed by atoms with van der Waals surface area (Å²) >= 11 is 16.4. The first-order valence-corrected chi connectivity index (χ1v) is 6.78. The van der Waals surface area contributed by atoms with Gasteiger partial charge in [0, 0.05) is 12.7 Å². The highest BCUT2D eigenvalue weighted by Crippen LogP contribution is 2.25. The molecule has 0 aromatic heterocycles. The quantitative estimate of drug-likeness (QED) is 0.660. The standard InChI is InChI=1S/C12H15Cl3N2O3/c1-17(9-3-5-10(19-2)6-4-9)8-16-11(18)20-7-12(13,14)15/h3-6H,7-8H2,1-2H3,(H,16,18). The summed E-state index contributed by atoms with van der Waals surface area (Å²) in [5, 5.41) is 2.54. The molecule has 0 unspecified atom stereocenters. The third kappa shape index (κ3) is 6.41. The van der Waals surface area contributed by atoms with Gasteiger partial charge in [-0.1, -0.05) is 34.8 Å². The van der Waals surface area contributed by atoms with Gasteiger partial charge in [-0.2, -0.15) is 0 Å². The summed E-state index contributed by atoms with van der Waals surface area (Å²) in [5.41, 5.74) is 0.910. The van der Waals surface area contributed by atoms with Crippen molar-refractivity contribution in [2.24, 2.45) is 0 Å². The number of alkyl carbamates (subject to hydrolysis) is 1. The Morgan fingerprint density at radius 2 is 1.90 bits per heavy atom. The number of anilines is 1. The van der Waals surface area contributed by atoms with Gasteiger partial charge < -0.3 is 19.7 Å². The second-order valence-electron chi connectivity index (χ2n) is 3.92. The van der Waals surface area contributed by atoms with E-state index >= 15 is 0 Å². The molecule has 0 fully saturated rings. The molecule has 0 spiro atoms. The van der Waals surface area contributed by atoms with Gasteiger partial charge in [-0.05, 0) is 24.3 Å². The first kappa shape index (κ1) is 17.0. The van der Waals surface area contributed by atoms with E-state index in [0.717, 1.165) is 11.4 Å².